The lowest BCUT2D eigenvalue weighted by molar-refractivity contribution is 0.565. The molecule has 2 heterocycles. The number of aromatic nitrogens is 4. The van der Waals surface area contributed by atoms with E-state index >= 15 is 0 Å². The van der Waals surface area contributed by atoms with Crippen molar-refractivity contribution in [3.8, 4) is 0 Å². The van der Waals surface area contributed by atoms with E-state index in [0.29, 0.717) is 30.2 Å². The van der Waals surface area contributed by atoms with Crippen LogP contribution in [-0.4, -0.2) is 25.6 Å². The van der Waals surface area contributed by atoms with Crippen LogP contribution in [0.4, 0.5) is 5.95 Å². The number of nitrogens with one attached hydrogen (secondary N) is 2. The predicted molar refractivity (Wildman–Crippen MR) is 97.7 cm³/mol. The van der Waals surface area contributed by atoms with E-state index in [1.165, 1.54) is 30.3 Å². The highest BCUT2D eigenvalue weighted by atomic mass is 16.2. The first kappa shape index (κ1) is 18.0. The van der Waals surface area contributed by atoms with Gasteiger partial charge in [-0.1, -0.05) is 45.1 Å². The van der Waals surface area contributed by atoms with Crippen molar-refractivity contribution in [1.29, 1.82) is 0 Å². The van der Waals surface area contributed by atoms with Crippen LogP contribution < -0.4 is 16.6 Å². The highest BCUT2D eigenvalue weighted by Crippen LogP contribution is 2.17. The Kier molecular flexibility index (Phi) is 6.40. The van der Waals surface area contributed by atoms with E-state index in [1.54, 1.807) is 13.1 Å². The summed E-state index contributed by atoms with van der Waals surface area (Å²) in [6.07, 6.45) is 8.76. The maximum Gasteiger partial charge on any atom is 0.329 e. The first-order valence-electron chi connectivity index (χ1n) is 8.64. The van der Waals surface area contributed by atoms with Gasteiger partial charge in [0.1, 0.15) is 0 Å². The molecule has 24 heavy (non-hydrogen) atoms. The summed E-state index contributed by atoms with van der Waals surface area (Å²) >= 11 is 0. The van der Waals surface area contributed by atoms with Crippen molar-refractivity contribution in [2.45, 2.75) is 52.0 Å². The number of imidazole rings is 1. The number of anilines is 1. The number of aromatic amines is 1. The molecule has 0 aromatic carbocycles. The van der Waals surface area contributed by atoms with Gasteiger partial charge in [-0.15, -0.1) is 6.58 Å². The summed E-state index contributed by atoms with van der Waals surface area (Å²) in [5, 5.41) is 3.15. The van der Waals surface area contributed by atoms with Crippen molar-refractivity contribution in [3.63, 3.8) is 0 Å². The zero-order valence-electron chi connectivity index (χ0n) is 14.6. The normalized spacial score (nSPS) is 11.1. The Labute approximate surface area is 141 Å². The number of unbranched alkanes of at least 4 members (excludes halogenated alkanes) is 5. The molecule has 0 saturated carbocycles. The van der Waals surface area contributed by atoms with Crippen LogP contribution in [-0.2, 0) is 13.6 Å². The molecule has 2 aromatic heterocycles. The standard InChI is InChI=1S/C17H27N5O2/c1-4-6-7-8-9-10-12-22-13-14(19-16(22)18-11-5-2)21(3)17(24)20-15(13)23/h5H,2,4,6-12H2,1,3H3,(H,18,19)(H,20,23,24). The van der Waals surface area contributed by atoms with Gasteiger partial charge in [0.2, 0.25) is 5.95 Å². The molecule has 0 amide bonds. The predicted octanol–water partition coefficient (Wildman–Crippen LogP) is 2.38. The Morgan fingerprint density at radius 1 is 1.21 bits per heavy atom. The summed E-state index contributed by atoms with van der Waals surface area (Å²) in [5.41, 5.74) is 0.00346. The minimum Gasteiger partial charge on any atom is -0.352 e. The monoisotopic (exact) mass is 333 g/mol. The molecule has 0 saturated heterocycles. The van der Waals surface area contributed by atoms with Gasteiger partial charge in [0.25, 0.3) is 5.56 Å². The number of fused-ring (bicyclic) bond motifs is 1. The molecule has 0 unspecified atom stereocenters. The second-order valence-corrected chi connectivity index (χ2v) is 6.01. The third-order valence-electron chi connectivity index (χ3n) is 4.15. The maximum absolute atomic E-state index is 12.3. The molecule has 2 rings (SSSR count). The SMILES string of the molecule is C=CCNc1nc2c(c(=O)[nH]c(=O)n2C)n1CCCCCCCC. The minimum atomic E-state index is -0.452. The molecule has 0 atom stereocenters. The topological polar surface area (TPSA) is 84.7 Å². The first-order chi connectivity index (χ1) is 11.6. The smallest absolute Gasteiger partial charge is 0.329 e. The number of hydrogen-bond donors (Lipinski definition) is 2. The van der Waals surface area contributed by atoms with Crippen molar-refractivity contribution in [1.82, 2.24) is 19.1 Å². The molecule has 0 aliphatic carbocycles. The summed E-state index contributed by atoms with van der Waals surface area (Å²) in [6, 6.07) is 0. The van der Waals surface area contributed by atoms with E-state index < -0.39 is 11.2 Å². The lowest BCUT2D eigenvalue weighted by Gasteiger charge is -2.09. The fourth-order valence-electron chi connectivity index (χ4n) is 2.80. The molecule has 0 fully saturated rings. The molecule has 7 nitrogen and oxygen atoms in total. The summed E-state index contributed by atoms with van der Waals surface area (Å²) < 4.78 is 3.24. The molecule has 0 aliphatic rings. The summed E-state index contributed by atoms with van der Waals surface area (Å²) in [5.74, 6) is 0.602. The van der Waals surface area contributed by atoms with Gasteiger partial charge in [0.05, 0.1) is 0 Å². The van der Waals surface area contributed by atoms with E-state index in [2.05, 4.69) is 28.8 Å². The van der Waals surface area contributed by atoms with E-state index in [0.717, 1.165) is 12.8 Å². The number of aryl methyl sites for hydroxylation is 2. The van der Waals surface area contributed by atoms with E-state index in [4.69, 9.17) is 0 Å². The molecular weight excluding hydrogens is 306 g/mol. The molecule has 7 heteroatoms. The number of H-pyrrole nitrogens is 1. The fourth-order valence-corrected chi connectivity index (χ4v) is 2.80. The van der Waals surface area contributed by atoms with Crippen LogP contribution in [0.25, 0.3) is 11.2 Å². The Hall–Kier alpha value is -2.31. The van der Waals surface area contributed by atoms with Crippen LogP contribution in [0.3, 0.4) is 0 Å². The van der Waals surface area contributed by atoms with Crippen LogP contribution >= 0.6 is 0 Å². The Morgan fingerprint density at radius 3 is 2.62 bits per heavy atom. The molecular formula is C17H27N5O2. The van der Waals surface area contributed by atoms with E-state index in [1.807, 2.05) is 4.57 Å². The highest BCUT2D eigenvalue weighted by molar-refractivity contribution is 5.74. The molecule has 0 spiro atoms. The molecule has 2 N–H and O–H groups in total. The van der Waals surface area contributed by atoms with Crippen LogP contribution in [0.5, 0.6) is 0 Å². The van der Waals surface area contributed by atoms with Crippen molar-refractivity contribution < 1.29 is 0 Å². The second-order valence-electron chi connectivity index (χ2n) is 6.01. The van der Waals surface area contributed by atoms with Gasteiger partial charge in [-0.3, -0.25) is 14.3 Å². The number of hydrogen-bond acceptors (Lipinski definition) is 4. The third-order valence-corrected chi connectivity index (χ3v) is 4.15. The van der Waals surface area contributed by atoms with Gasteiger partial charge < -0.3 is 9.88 Å². The van der Waals surface area contributed by atoms with Crippen LogP contribution in [0.15, 0.2) is 22.2 Å². The van der Waals surface area contributed by atoms with E-state index in [9.17, 15) is 9.59 Å². The quantitative estimate of drug-likeness (QED) is 0.516. The first-order valence-corrected chi connectivity index (χ1v) is 8.64. The van der Waals surface area contributed by atoms with Crippen molar-refractivity contribution >= 4 is 17.1 Å². The van der Waals surface area contributed by atoms with Crippen LogP contribution in [0, 0.1) is 0 Å². The van der Waals surface area contributed by atoms with Crippen molar-refractivity contribution in [2.75, 3.05) is 11.9 Å². The molecule has 0 aliphatic heterocycles. The molecule has 132 valence electrons. The zero-order chi connectivity index (χ0) is 17.5. The van der Waals surface area contributed by atoms with Gasteiger partial charge in [-0.25, -0.2) is 4.79 Å². The van der Waals surface area contributed by atoms with Crippen LogP contribution in [0.2, 0.25) is 0 Å². The van der Waals surface area contributed by atoms with Gasteiger partial charge in [-0.05, 0) is 6.42 Å². The maximum atomic E-state index is 12.3. The largest absolute Gasteiger partial charge is 0.352 e. The van der Waals surface area contributed by atoms with Gasteiger partial charge in [0.15, 0.2) is 11.2 Å². The minimum absolute atomic E-state index is 0.391. The molecule has 0 radical (unpaired) electrons. The number of nitrogens with zero attached hydrogens (tertiary/aromatic N) is 3. The van der Waals surface area contributed by atoms with Gasteiger partial charge in [0, 0.05) is 20.1 Å². The fraction of sp³-hybridized carbons (Fsp3) is 0.588. The molecule has 0 bridgehead atoms. The average Bonchev–Trinajstić information content (AvgIpc) is 2.93. The Bertz CT molecular complexity index is 800. The number of rotatable bonds is 10. The lowest BCUT2D eigenvalue weighted by atomic mass is 10.1. The Morgan fingerprint density at radius 2 is 1.92 bits per heavy atom. The van der Waals surface area contributed by atoms with Gasteiger partial charge in [-0.2, -0.15) is 4.98 Å². The van der Waals surface area contributed by atoms with Crippen molar-refractivity contribution in [2.24, 2.45) is 7.05 Å². The summed E-state index contributed by atoms with van der Waals surface area (Å²) in [6.45, 7) is 7.14. The Balaban J connectivity index is 2.27. The zero-order valence-corrected chi connectivity index (χ0v) is 14.6. The molecule has 2 aromatic rings. The van der Waals surface area contributed by atoms with Gasteiger partial charge >= 0.3 is 5.69 Å². The average molecular weight is 333 g/mol. The van der Waals surface area contributed by atoms with E-state index in [-0.39, 0.29) is 0 Å². The summed E-state index contributed by atoms with van der Waals surface area (Å²) in [4.78, 5) is 30.8. The highest BCUT2D eigenvalue weighted by Gasteiger charge is 2.16. The lowest BCUT2D eigenvalue weighted by Crippen LogP contribution is -2.29. The third kappa shape index (κ3) is 3.96. The summed E-state index contributed by atoms with van der Waals surface area (Å²) in [7, 11) is 1.61. The van der Waals surface area contributed by atoms with Crippen molar-refractivity contribution in [3.05, 3.63) is 33.5 Å². The second kappa shape index (κ2) is 8.52. The van der Waals surface area contributed by atoms with Crippen LogP contribution in [0.1, 0.15) is 45.4 Å².